The second kappa shape index (κ2) is 3.82. The molecule has 2 rings (SSSR count). The lowest BCUT2D eigenvalue weighted by molar-refractivity contribution is -0.150. The highest BCUT2D eigenvalue weighted by molar-refractivity contribution is 7.09. The van der Waals surface area contributed by atoms with Crippen LogP contribution in [0.5, 0.6) is 0 Å². The maximum absolute atomic E-state index is 10.8. The summed E-state index contributed by atoms with van der Waals surface area (Å²) in [4.78, 5) is 15.2. The van der Waals surface area contributed by atoms with E-state index in [0.717, 1.165) is 5.01 Å². The Labute approximate surface area is 98.0 Å². The Balaban J connectivity index is 2.23. The van der Waals surface area contributed by atoms with Gasteiger partial charge in [-0.25, -0.2) is 9.78 Å². The normalized spacial score (nSPS) is 18.4. The van der Waals surface area contributed by atoms with Gasteiger partial charge in [-0.1, -0.05) is 13.8 Å². The first-order valence-corrected chi connectivity index (χ1v) is 6.17. The number of carboxylic acid groups (broad SMARTS) is 1. The smallest absolute Gasteiger partial charge is 0.333 e. The zero-order valence-electron chi connectivity index (χ0n) is 9.30. The van der Waals surface area contributed by atoms with Gasteiger partial charge in [-0.15, -0.1) is 11.3 Å². The van der Waals surface area contributed by atoms with Crippen molar-refractivity contribution >= 4 is 17.3 Å². The van der Waals surface area contributed by atoms with Crippen LogP contribution in [-0.2, 0) is 10.2 Å². The number of hydrogen-bond acceptors (Lipinski definition) is 4. The van der Waals surface area contributed by atoms with Crippen LogP contribution in [0.4, 0.5) is 0 Å². The Kier molecular flexibility index (Phi) is 2.75. The molecule has 2 N–H and O–H groups in total. The van der Waals surface area contributed by atoms with E-state index in [1.165, 1.54) is 12.8 Å². The average Bonchev–Trinajstić information content (AvgIpc) is 2.94. The number of aromatic nitrogens is 1. The van der Waals surface area contributed by atoms with Crippen molar-refractivity contribution in [3.05, 3.63) is 16.1 Å². The summed E-state index contributed by atoms with van der Waals surface area (Å²) in [7, 11) is 0. The van der Waals surface area contributed by atoms with Gasteiger partial charge in [0.25, 0.3) is 0 Å². The molecule has 0 amide bonds. The van der Waals surface area contributed by atoms with Gasteiger partial charge < -0.3 is 10.2 Å². The van der Waals surface area contributed by atoms with Gasteiger partial charge >= 0.3 is 5.97 Å². The zero-order chi connectivity index (χ0) is 11.9. The van der Waals surface area contributed by atoms with Gasteiger partial charge in [-0.3, -0.25) is 0 Å². The lowest BCUT2D eigenvalue weighted by Gasteiger charge is -2.25. The van der Waals surface area contributed by atoms with Crippen molar-refractivity contribution in [1.29, 1.82) is 0 Å². The molecule has 1 aliphatic rings. The molecule has 1 atom stereocenters. The van der Waals surface area contributed by atoms with E-state index in [1.54, 1.807) is 25.2 Å². The average molecular weight is 241 g/mol. The summed E-state index contributed by atoms with van der Waals surface area (Å²) in [6.45, 7) is 3.41. The third-order valence-corrected chi connectivity index (χ3v) is 4.03. The lowest BCUT2D eigenvalue weighted by Crippen LogP contribution is -2.40. The molecule has 4 nitrogen and oxygen atoms in total. The van der Waals surface area contributed by atoms with Crippen molar-refractivity contribution in [3.8, 4) is 0 Å². The molecule has 88 valence electrons. The van der Waals surface area contributed by atoms with Crippen LogP contribution < -0.4 is 0 Å². The molecule has 16 heavy (non-hydrogen) atoms. The van der Waals surface area contributed by atoms with Gasteiger partial charge in [0.1, 0.15) is 0 Å². The highest BCUT2D eigenvalue weighted by Gasteiger charge is 2.38. The van der Waals surface area contributed by atoms with E-state index in [9.17, 15) is 9.90 Å². The van der Waals surface area contributed by atoms with Crippen molar-refractivity contribution in [2.45, 2.75) is 44.1 Å². The second-order valence-corrected chi connectivity index (χ2v) is 5.70. The Morgan fingerprint density at radius 3 is 2.75 bits per heavy atom. The first-order chi connectivity index (χ1) is 7.43. The zero-order valence-corrected chi connectivity index (χ0v) is 10.1. The van der Waals surface area contributed by atoms with Gasteiger partial charge in [0, 0.05) is 16.7 Å². The van der Waals surface area contributed by atoms with E-state index in [4.69, 9.17) is 5.11 Å². The van der Waals surface area contributed by atoms with E-state index in [0.29, 0.717) is 11.6 Å². The lowest BCUT2D eigenvalue weighted by atomic mass is 9.83. The molecule has 1 aromatic rings. The van der Waals surface area contributed by atoms with Gasteiger partial charge in [0.15, 0.2) is 6.10 Å². The predicted octanol–water partition coefficient (Wildman–Crippen LogP) is 1.74. The van der Waals surface area contributed by atoms with Crippen LogP contribution in [0.15, 0.2) is 5.38 Å². The number of thiazole rings is 1. The largest absolute Gasteiger partial charge is 0.479 e. The van der Waals surface area contributed by atoms with Crippen LogP contribution in [0, 0.1) is 0 Å². The molecule has 1 aromatic heterocycles. The van der Waals surface area contributed by atoms with Crippen molar-refractivity contribution in [2.75, 3.05) is 0 Å². The number of carboxylic acids is 1. The van der Waals surface area contributed by atoms with Crippen molar-refractivity contribution in [2.24, 2.45) is 0 Å². The van der Waals surface area contributed by atoms with E-state index >= 15 is 0 Å². The van der Waals surface area contributed by atoms with E-state index < -0.39 is 17.5 Å². The minimum atomic E-state index is -1.42. The molecule has 0 aromatic carbocycles. The fourth-order valence-electron chi connectivity index (χ4n) is 1.55. The number of hydrogen-bond donors (Lipinski definition) is 2. The van der Waals surface area contributed by atoms with Crippen LogP contribution in [0.3, 0.4) is 0 Å². The van der Waals surface area contributed by atoms with E-state index in [2.05, 4.69) is 4.98 Å². The van der Waals surface area contributed by atoms with Crippen molar-refractivity contribution in [1.82, 2.24) is 4.98 Å². The standard InChI is InChI=1S/C11H15NO3S/c1-11(2,8(13)10(14)15)7-5-16-9(12-7)6-3-4-6/h5-6,8,13H,3-4H2,1-2H3,(H,14,15). The Morgan fingerprint density at radius 2 is 2.25 bits per heavy atom. The molecule has 1 saturated carbocycles. The molecule has 1 heterocycles. The fourth-order valence-corrected chi connectivity index (χ4v) is 2.72. The first-order valence-electron chi connectivity index (χ1n) is 5.29. The number of aliphatic carboxylic acids is 1. The first kappa shape index (κ1) is 11.5. The van der Waals surface area contributed by atoms with Crippen LogP contribution in [0.1, 0.15) is 43.3 Å². The molecule has 0 aliphatic heterocycles. The van der Waals surface area contributed by atoms with E-state index in [1.807, 2.05) is 5.38 Å². The minimum Gasteiger partial charge on any atom is -0.479 e. The number of nitrogens with zero attached hydrogens (tertiary/aromatic N) is 1. The summed E-state index contributed by atoms with van der Waals surface area (Å²) in [6, 6.07) is 0. The van der Waals surface area contributed by atoms with Crippen LogP contribution >= 0.6 is 11.3 Å². The van der Waals surface area contributed by atoms with Crippen molar-refractivity contribution < 1.29 is 15.0 Å². The second-order valence-electron chi connectivity index (χ2n) is 4.81. The Bertz CT molecular complexity index is 409. The highest BCUT2D eigenvalue weighted by atomic mass is 32.1. The molecule has 0 spiro atoms. The molecular weight excluding hydrogens is 226 g/mol. The van der Waals surface area contributed by atoms with Crippen LogP contribution in [0.2, 0.25) is 0 Å². The van der Waals surface area contributed by atoms with Crippen LogP contribution in [0.25, 0.3) is 0 Å². The van der Waals surface area contributed by atoms with Crippen molar-refractivity contribution in [3.63, 3.8) is 0 Å². The molecule has 0 bridgehead atoms. The molecule has 0 saturated heterocycles. The van der Waals surface area contributed by atoms with Gasteiger partial charge in [-0.05, 0) is 12.8 Å². The van der Waals surface area contributed by atoms with Gasteiger partial charge in [0.05, 0.1) is 10.7 Å². The molecule has 5 heteroatoms. The summed E-state index contributed by atoms with van der Waals surface area (Å²) in [5, 5.41) is 21.4. The van der Waals surface area contributed by atoms with Gasteiger partial charge in [0.2, 0.25) is 0 Å². The summed E-state index contributed by atoms with van der Waals surface area (Å²) in [5.41, 5.74) is -0.163. The molecular formula is C11H15NO3S. The maximum atomic E-state index is 10.8. The number of aliphatic hydroxyl groups excluding tert-OH is 1. The maximum Gasteiger partial charge on any atom is 0.333 e. The third-order valence-electron chi connectivity index (χ3n) is 3.03. The molecule has 1 unspecified atom stereocenters. The monoisotopic (exact) mass is 241 g/mol. The predicted molar refractivity (Wildman–Crippen MR) is 60.8 cm³/mol. The summed E-state index contributed by atoms with van der Waals surface area (Å²) in [5.74, 6) is -0.637. The number of rotatable bonds is 4. The Hall–Kier alpha value is -0.940. The molecule has 1 fully saturated rings. The van der Waals surface area contributed by atoms with E-state index in [-0.39, 0.29) is 0 Å². The Morgan fingerprint density at radius 1 is 1.62 bits per heavy atom. The number of carbonyl (C=O) groups is 1. The molecule has 0 radical (unpaired) electrons. The summed E-state index contributed by atoms with van der Waals surface area (Å²) in [6.07, 6.45) is 0.936. The quantitative estimate of drug-likeness (QED) is 0.842. The fraction of sp³-hybridized carbons (Fsp3) is 0.636. The third kappa shape index (κ3) is 1.97. The van der Waals surface area contributed by atoms with Crippen LogP contribution in [-0.4, -0.2) is 27.3 Å². The van der Waals surface area contributed by atoms with Gasteiger partial charge in [-0.2, -0.15) is 0 Å². The summed E-state index contributed by atoms with van der Waals surface area (Å²) < 4.78 is 0. The topological polar surface area (TPSA) is 70.4 Å². The number of aliphatic hydroxyl groups is 1. The molecule has 1 aliphatic carbocycles. The summed E-state index contributed by atoms with van der Waals surface area (Å²) >= 11 is 1.56. The minimum absolute atomic E-state index is 0.566. The highest BCUT2D eigenvalue weighted by Crippen LogP contribution is 2.42. The SMILES string of the molecule is CC(C)(c1csc(C2CC2)n1)C(O)C(=O)O.